The second kappa shape index (κ2) is 6.14. The van der Waals surface area contributed by atoms with Gasteiger partial charge in [-0.3, -0.25) is 4.79 Å². The Morgan fingerprint density at radius 3 is 2.87 bits per heavy atom. The Balaban J connectivity index is 2.67. The molecule has 0 atom stereocenters. The maximum Gasteiger partial charge on any atom is 0.162 e. The van der Waals surface area contributed by atoms with Crippen molar-refractivity contribution in [1.82, 2.24) is 0 Å². The Morgan fingerprint density at radius 1 is 1.53 bits per heavy atom. The molecule has 0 radical (unpaired) electrons. The molecular formula is C12H10ClIO. The van der Waals surface area contributed by atoms with Crippen LogP contribution in [0.1, 0.15) is 29.6 Å². The molecule has 0 fully saturated rings. The van der Waals surface area contributed by atoms with E-state index in [1.54, 1.807) is 12.1 Å². The molecule has 0 aromatic heterocycles. The standard InChI is InChI=1S/C12H10ClIO/c1-2-3-4-5-12(15)9-6-7-11(14)10(13)8-9/h1,6-8H,3-5H2. The molecule has 1 rings (SSSR count). The van der Waals surface area contributed by atoms with Crippen LogP contribution >= 0.6 is 34.2 Å². The predicted octanol–water partition coefficient (Wildman–Crippen LogP) is 3.93. The molecule has 0 N–H and O–H groups in total. The van der Waals surface area contributed by atoms with Gasteiger partial charge < -0.3 is 0 Å². The van der Waals surface area contributed by atoms with Crippen molar-refractivity contribution in [1.29, 1.82) is 0 Å². The summed E-state index contributed by atoms with van der Waals surface area (Å²) in [4.78, 5) is 11.7. The van der Waals surface area contributed by atoms with Gasteiger partial charge in [-0.25, -0.2) is 0 Å². The average molecular weight is 333 g/mol. The quantitative estimate of drug-likeness (QED) is 0.353. The van der Waals surface area contributed by atoms with Gasteiger partial charge in [-0.05, 0) is 41.1 Å². The first-order valence-electron chi connectivity index (χ1n) is 4.57. The van der Waals surface area contributed by atoms with Gasteiger partial charge in [0.05, 0.1) is 5.02 Å². The summed E-state index contributed by atoms with van der Waals surface area (Å²) in [5.74, 6) is 2.62. The number of ketones is 1. The van der Waals surface area contributed by atoms with E-state index in [0.29, 0.717) is 23.4 Å². The fourth-order valence-electron chi connectivity index (χ4n) is 1.16. The molecule has 1 nitrogen and oxygen atoms in total. The molecule has 0 aliphatic carbocycles. The van der Waals surface area contributed by atoms with Gasteiger partial charge >= 0.3 is 0 Å². The molecule has 3 heteroatoms. The summed E-state index contributed by atoms with van der Waals surface area (Å²) in [6, 6.07) is 5.35. The minimum atomic E-state index is 0.101. The fraction of sp³-hybridized carbons (Fsp3) is 0.250. The molecular weight excluding hydrogens is 322 g/mol. The number of hydrogen-bond acceptors (Lipinski definition) is 1. The van der Waals surface area contributed by atoms with E-state index in [2.05, 4.69) is 28.5 Å². The van der Waals surface area contributed by atoms with Gasteiger partial charge in [0.15, 0.2) is 5.78 Å². The van der Waals surface area contributed by atoms with Crippen molar-refractivity contribution in [2.24, 2.45) is 0 Å². The first-order chi connectivity index (χ1) is 7.15. The van der Waals surface area contributed by atoms with E-state index in [1.807, 2.05) is 6.07 Å². The number of carbonyl (C=O) groups is 1. The van der Waals surface area contributed by atoms with E-state index >= 15 is 0 Å². The highest BCUT2D eigenvalue weighted by atomic mass is 127. The molecule has 1 aromatic rings. The van der Waals surface area contributed by atoms with Crippen LogP contribution in [0.25, 0.3) is 0 Å². The lowest BCUT2D eigenvalue weighted by molar-refractivity contribution is 0.0980. The Hall–Kier alpha value is -0.530. The third-order valence-corrected chi connectivity index (χ3v) is 3.54. The lowest BCUT2D eigenvalue weighted by Gasteiger charge is -2.01. The van der Waals surface area contributed by atoms with Crippen LogP contribution in [0.15, 0.2) is 18.2 Å². The van der Waals surface area contributed by atoms with Gasteiger partial charge in [-0.1, -0.05) is 17.7 Å². The van der Waals surface area contributed by atoms with Crippen LogP contribution < -0.4 is 0 Å². The summed E-state index contributed by atoms with van der Waals surface area (Å²) in [6.45, 7) is 0. The first-order valence-corrected chi connectivity index (χ1v) is 6.02. The van der Waals surface area contributed by atoms with Crippen LogP contribution in [0, 0.1) is 15.9 Å². The minimum absolute atomic E-state index is 0.101. The molecule has 0 bridgehead atoms. The zero-order valence-electron chi connectivity index (χ0n) is 8.09. The van der Waals surface area contributed by atoms with E-state index in [-0.39, 0.29) is 5.78 Å². The molecule has 0 saturated carbocycles. The van der Waals surface area contributed by atoms with E-state index < -0.39 is 0 Å². The summed E-state index contributed by atoms with van der Waals surface area (Å²) in [5, 5.41) is 0.624. The third kappa shape index (κ3) is 3.84. The number of halogens is 2. The van der Waals surface area contributed by atoms with Crippen LogP contribution in [0.3, 0.4) is 0 Å². The number of hydrogen-bond donors (Lipinski definition) is 0. The highest BCUT2D eigenvalue weighted by molar-refractivity contribution is 14.1. The molecule has 0 saturated heterocycles. The average Bonchev–Trinajstić information content (AvgIpc) is 2.22. The third-order valence-electron chi connectivity index (χ3n) is 1.97. The number of unbranched alkanes of at least 4 members (excludes halogenated alkanes) is 1. The van der Waals surface area contributed by atoms with Gasteiger partial charge in [-0.2, -0.15) is 0 Å². The topological polar surface area (TPSA) is 17.1 Å². The van der Waals surface area contributed by atoms with E-state index in [0.717, 1.165) is 9.99 Å². The zero-order valence-corrected chi connectivity index (χ0v) is 11.0. The summed E-state index contributed by atoms with van der Waals surface area (Å²) >= 11 is 8.06. The second-order valence-electron chi connectivity index (χ2n) is 3.11. The van der Waals surface area contributed by atoms with Gasteiger partial charge in [-0.15, -0.1) is 12.3 Å². The molecule has 78 valence electrons. The van der Waals surface area contributed by atoms with Crippen molar-refractivity contribution < 1.29 is 4.79 Å². The maximum absolute atomic E-state index is 11.7. The highest BCUT2D eigenvalue weighted by Crippen LogP contribution is 2.20. The maximum atomic E-state index is 11.7. The lowest BCUT2D eigenvalue weighted by Crippen LogP contribution is -1.98. The predicted molar refractivity (Wildman–Crippen MR) is 71.2 cm³/mol. The number of terminal acetylenes is 1. The summed E-state index contributed by atoms with van der Waals surface area (Å²) < 4.78 is 0.953. The van der Waals surface area contributed by atoms with Crippen molar-refractivity contribution in [2.45, 2.75) is 19.3 Å². The first kappa shape index (κ1) is 12.5. The summed E-state index contributed by atoms with van der Waals surface area (Å²) in [6.07, 6.45) is 6.98. The lowest BCUT2D eigenvalue weighted by atomic mass is 10.1. The van der Waals surface area contributed by atoms with Gasteiger partial charge in [0.25, 0.3) is 0 Å². The molecule has 0 unspecified atom stereocenters. The van der Waals surface area contributed by atoms with E-state index in [1.165, 1.54) is 0 Å². The normalized spacial score (nSPS) is 9.67. The van der Waals surface area contributed by atoms with Crippen LogP contribution in [-0.2, 0) is 0 Å². The molecule has 0 amide bonds. The number of Topliss-reactive ketones (excluding diaryl/α,β-unsaturated/α-hetero) is 1. The highest BCUT2D eigenvalue weighted by Gasteiger charge is 2.07. The van der Waals surface area contributed by atoms with Crippen LogP contribution in [-0.4, -0.2) is 5.78 Å². The van der Waals surface area contributed by atoms with Crippen molar-refractivity contribution >= 4 is 40.0 Å². The SMILES string of the molecule is C#CCCCC(=O)c1ccc(I)c(Cl)c1. The Kier molecular flexibility index (Phi) is 5.13. The smallest absolute Gasteiger partial charge is 0.162 e. The van der Waals surface area contributed by atoms with E-state index in [4.69, 9.17) is 18.0 Å². The molecule has 15 heavy (non-hydrogen) atoms. The monoisotopic (exact) mass is 332 g/mol. The number of rotatable bonds is 4. The van der Waals surface area contributed by atoms with Crippen LogP contribution in [0.4, 0.5) is 0 Å². The van der Waals surface area contributed by atoms with Crippen molar-refractivity contribution in [3.05, 3.63) is 32.4 Å². The zero-order chi connectivity index (χ0) is 11.3. The van der Waals surface area contributed by atoms with Crippen LogP contribution in [0.5, 0.6) is 0 Å². The number of benzene rings is 1. The fourth-order valence-corrected chi connectivity index (χ4v) is 1.68. The van der Waals surface area contributed by atoms with Crippen molar-refractivity contribution in [3.63, 3.8) is 0 Å². The van der Waals surface area contributed by atoms with E-state index in [9.17, 15) is 4.79 Å². The Labute approximate surface area is 108 Å². The molecule has 0 spiro atoms. The molecule has 0 aliphatic rings. The largest absolute Gasteiger partial charge is 0.294 e. The Morgan fingerprint density at radius 2 is 2.27 bits per heavy atom. The van der Waals surface area contributed by atoms with Crippen molar-refractivity contribution in [3.8, 4) is 12.3 Å². The molecule has 1 aromatic carbocycles. The van der Waals surface area contributed by atoms with Crippen LogP contribution in [0.2, 0.25) is 5.02 Å². The Bertz CT molecular complexity index is 407. The van der Waals surface area contributed by atoms with Gasteiger partial charge in [0.2, 0.25) is 0 Å². The van der Waals surface area contributed by atoms with Crippen molar-refractivity contribution in [2.75, 3.05) is 0 Å². The molecule has 0 aliphatic heterocycles. The number of carbonyl (C=O) groups excluding carboxylic acids is 1. The van der Waals surface area contributed by atoms with Gasteiger partial charge in [0.1, 0.15) is 0 Å². The summed E-state index contributed by atoms with van der Waals surface area (Å²) in [7, 11) is 0. The second-order valence-corrected chi connectivity index (χ2v) is 4.68. The van der Waals surface area contributed by atoms with Gasteiger partial charge in [0, 0.05) is 22.0 Å². The summed E-state index contributed by atoms with van der Waals surface area (Å²) in [5.41, 5.74) is 0.664. The molecule has 0 heterocycles. The minimum Gasteiger partial charge on any atom is -0.294 e.